The van der Waals surface area contributed by atoms with E-state index in [9.17, 15) is 19.6 Å². The SMILES string of the molecule is CC(C)C[C@@H]1NC(=O)[C@@H](Cc2ccccc2)CCCC[C@H]2CNC(=O)[C@H]2C[C@@H](C#N)NC1=O. The molecule has 0 aliphatic carbocycles. The van der Waals surface area contributed by atoms with Crippen LogP contribution in [0.1, 0.15) is 57.9 Å². The zero-order chi connectivity index (χ0) is 23.8. The highest BCUT2D eigenvalue weighted by Crippen LogP contribution is 2.29. The summed E-state index contributed by atoms with van der Waals surface area (Å²) in [6, 6.07) is 10.6. The number of amides is 3. The molecule has 0 bridgehead atoms. The molecule has 0 unspecified atom stereocenters. The van der Waals surface area contributed by atoms with Gasteiger partial charge < -0.3 is 16.0 Å². The number of rotatable bonds is 4. The Hall–Kier alpha value is -2.88. The van der Waals surface area contributed by atoms with Crippen LogP contribution in [-0.2, 0) is 20.8 Å². The third kappa shape index (κ3) is 7.05. The number of hydrogen-bond donors (Lipinski definition) is 3. The maximum Gasteiger partial charge on any atom is 0.243 e. The van der Waals surface area contributed by atoms with E-state index in [-0.39, 0.29) is 41.4 Å². The molecule has 0 aromatic heterocycles. The Balaban J connectivity index is 1.83. The van der Waals surface area contributed by atoms with Crippen molar-refractivity contribution in [2.24, 2.45) is 23.7 Å². The number of carbonyl (C=O) groups is 3. The lowest BCUT2D eigenvalue weighted by atomic mass is 9.84. The quantitative estimate of drug-likeness (QED) is 0.652. The second-order valence-corrected chi connectivity index (χ2v) is 9.90. The minimum absolute atomic E-state index is 0.0319. The summed E-state index contributed by atoms with van der Waals surface area (Å²) in [6.07, 6.45) is 4.81. The normalized spacial score (nSPS) is 29.3. The summed E-state index contributed by atoms with van der Waals surface area (Å²) in [5.74, 6) is -0.649. The molecule has 7 nitrogen and oxygen atoms in total. The van der Waals surface area contributed by atoms with Crippen LogP contribution in [0.5, 0.6) is 0 Å². The van der Waals surface area contributed by atoms with E-state index in [1.54, 1.807) is 0 Å². The zero-order valence-electron chi connectivity index (χ0n) is 19.7. The first-order valence-electron chi connectivity index (χ1n) is 12.2. The van der Waals surface area contributed by atoms with Crippen molar-refractivity contribution in [3.8, 4) is 6.07 Å². The largest absolute Gasteiger partial charge is 0.356 e. The molecule has 2 aliphatic rings. The predicted octanol–water partition coefficient (Wildman–Crippen LogP) is 2.71. The van der Waals surface area contributed by atoms with E-state index in [0.717, 1.165) is 31.2 Å². The molecule has 3 amide bonds. The van der Waals surface area contributed by atoms with Crippen LogP contribution in [0.15, 0.2) is 30.3 Å². The van der Waals surface area contributed by atoms with Gasteiger partial charge in [0.05, 0.1) is 6.07 Å². The van der Waals surface area contributed by atoms with Crippen molar-refractivity contribution in [3.63, 3.8) is 0 Å². The maximum absolute atomic E-state index is 13.3. The molecule has 0 radical (unpaired) electrons. The van der Waals surface area contributed by atoms with Crippen LogP contribution in [0.2, 0.25) is 0 Å². The molecular weight excluding hydrogens is 416 g/mol. The fourth-order valence-corrected chi connectivity index (χ4v) is 5.01. The first-order valence-corrected chi connectivity index (χ1v) is 12.2. The number of nitriles is 1. The van der Waals surface area contributed by atoms with Gasteiger partial charge in [-0.05, 0) is 49.5 Å². The molecule has 1 aromatic rings. The van der Waals surface area contributed by atoms with Crippen molar-refractivity contribution in [1.29, 1.82) is 5.26 Å². The Kier molecular flexibility index (Phi) is 8.87. The van der Waals surface area contributed by atoms with Crippen molar-refractivity contribution in [3.05, 3.63) is 35.9 Å². The van der Waals surface area contributed by atoms with E-state index < -0.39 is 12.1 Å². The van der Waals surface area contributed by atoms with Crippen molar-refractivity contribution in [1.82, 2.24) is 16.0 Å². The topological polar surface area (TPSA) is 111 Å². The van der Waals surface area contributed by atoms with Crippen LogP contribution in [0.4, 0.5) is 0 Å². The summed E-state index contributed by atoms with van der Waals surface area (Å²) in [6.45, 7) is 4.61. The molecule has 3 N–H and O–H groups in total. The molecule has 5 atom stereocenters. The molecule has 2 heterocycles. The van der Waals surface area contributed by atoms with Crippen molar-refractivity contribution < 1.29 is 14.4 Å². The smallest absolute Gasteiger partial charge is 0.243 e. The average molecular weight is 453 g/mol. The van der Waals surface area contributed by atoms with Crippen molar-refractivity contribution in [2.75, 3.05) is 6.54 Å². The van der Waals surface area contributed by atoms with Gasteiger partial charge in [0.2, 0.25) is 17.7 Å². The highest BCUT2D eigenvalue weighted by molar-refractivity contribution is 5.89. The van der Waals surface area contributed by atoms with Crippen LogP contribution in [0, 0.1) is 35.0 Å². The Morgan fingerprint density at radius 1 is 1.00 bits per heavy atom. The number of benzene rings is 1. The van der Waals surface area contributed by atoms with Gasteiger partial charge in [-0.25, -0.2) is 0 Å². The van der Waals surface area contributed by atoms with E-state index in [1.165, 1.54) is 0 Å². The molecular formula is C26H36N4O3. The number of nitrogens with one attached hydrogen (secondary N) is 3. The minimum atomic E-state index is -0.761. The first-order chi connectivity index (χ1) is 15.9. The third-order valence-electron chi connectivity index (χ3n) is 6.82. The summed E-state index contributed by atoms with van der Waals surface area (Å²) in [5, 5.41) is 18.4. The van der Waals surface area contributed by atoms with Gasteiger partial charge in [-0.1, -0.05) is 57.0 Å². The molecule has 178 valence electrons. The van der Waals surface area contributed by atoms with Gasteiger partial charge in [0.25, 0.3) is 0 Å². The van der Waals surface area contributed by atoms with E-state index in [1.807, 2.05) is 44.2 Å². The van der Waals surface area contributed by atoms with Crippen LogP contribution >= 0.6 is 0 Å². The third-order valence-corrected chi connectivity index (χ3v) is 6.82. The Bertz CT molecular complexity index is 864. The van der Waals surface area contributed by atoms with E-state index >= 15 is 0 Å². The fraction of sp³-hybridized carbons (Fsp3) is 0.615. The molecule has 2 saturated heterocycles. The van der Waals surface area contributed by atoms with E-state index in [0.29, 0.717) is 25.8 Å². The van der Waals surface area contributed by atoms with Gasteiger partial charge in [-0.2, -0.15) is 5.26 Å². The van der Waals surface area contributed by atoms with Crippen LogP contribution in [0.3, 0.4) is 0 Å². The van der Waals surface area contributed by atoms with Gasteiger partial charge in [0.1, 0.15) is 12.1 Å². The lowest BCUT2D eigenvalue weighted by molar-refractivity contribution is -0.132. The summed E-state index contributed by atoms with van der Waals surface area (Å²) >= 11 is 0. The number of carbonyl (C=O) groups excluding carboxylic acids is 3. The highest BCUT2D eigenvalue weighted by Gasteiger charge is 2.37. The molecule has 2 fully saturated rings. The summed E-state index contributed by atoms with van der Waals surface area (Å²) in [5.41, 5.74) is 1.10. The second-order valence-electron chi connectivity index (χ2n) is 9.90. The number of nitrogens with zero attached hydrogens (tertiary/aromatic N) is 1. The standard InChI is InChI=1S/C26H36N4O3/c1-17(2)12-23-26(33)29-21(15-27)14-22-20(16-28-25(22)32)11-7-6-10-19(24(31)30-23)13-18-8-4-3-5-9-18/h3-5,8-9,17,19-23H,6-7,10-14,16H2,1-2H3,(H,28,32)(H,29,33)(H,30,31)/t19-,20+,21+,22+,23+/m1/s1. The van der Waals surface area contributed by atoms with Crippen LogP contribution in [0.25, 0.3) is 0 Å². The lowest BCUT2D eigenvalue weighted by Gasteiger charge is -2.26. The molecule has 1 aromatic carbocycles. The maximum atomic E-state index is 13.3. The van der Waals surface area contributed by atoms with Gasteiger partial charge in [-0.15, -0.1) is 0 Å². The van der Waals surface area contributed by atoms with Crippen LogP contribution < -0.4 is 16.0 Å². The first kappa shape index (κ1) is 24.8. The van der Waals surface area contributed by atoms with Crippen molar-refractivity contribution >= 4 is 17.7 Å². The minimum Gasteiger partial charge on any atom is -0.356 e. The molecule has 7 heteroatoms. The van der Waals surface area contributed by atoms with Gasteiger partial charge >= 0.3 is 0 Å². The van der Waals surface area contributed by atoms with Crippen molar-refractivity contribution in [2.45, 2.75) is 70.9 Å². The lowest BCUT2D eigenvalue weighted by Crippen LogP contribution is -2.52. The molecule has 2 aliphatic heterocycles. The average Bonchev–Trinajstić information content (AvgIpc) is 3.13. The molecule has 0 spiro atoms. The molecule has 33 heavy (non-hydrogen) atoms. The number of fused-ring (bicyclic) bond motifs is 1. The molecule has 0 saturated carbocycles. The van der Waals surface area contributed by atoms with Gasteiger partial charge in [-0.3, -0.25) is 14.4 Å². The summed E-state index contributed by atoms with van der Waals surface area (Å²) in [7, 11) is 0. The van der Waals surface area contributed by atoms with Gasteiger partial charge in [0, 0.05) is 18.4 Å². The fourth-order valence-electron chi connectivity index (χ4n) is 5.01. The zero-order valence-corrected chi connectivity index (χ0v) is 19.7. The summed E-state index contributed by atoms with van der Waals surface area (Å²) in [4.78, 5) is 38.8. The van der Waals surface area contributed by atoms with Gasteiger partial charge in [0.15, 0.2) is 0 Å². The Morgan fingerprint density at radius 2 is 1.73 bits per heavy atom. The number of hydrogen-bond acceptors (Lipinski definition) is 4. The van der Waals surface area contributed by atoms with E-state index in [2.05, 4.69) is 22.0 Å². The summed E-state index contributed by atoms with van der Waals surface area (Å²) < 4.78 is 0. The predicted molar refractivity (Wildman–Crippen MR) is 126 cm³/mol. The van der Waals surface area contributed by atoms with Crippen LogP contribution in [-0.4, -0.2) is 36.3 Å². The second kappa shape index (κ2) is 11.8. The Labute approximate surface area is 196 Å². The van der Waals surface area contributed by atoms with E-state index in [4.69, 9.17) is 0 Å². The Morgan fingerprint density at radius 3 is 2.42 bits per heavy atom. The molecule has 3 rings (SSSR count). The monoisotopic (exact) mass is 452 g/mol. The highest BCUT2D eigenvalue weighted by atomic mass is 16.2.